The summed E-state index contributed by atoms with van der Waals surface area (Å²) in [6, 6.07) is 0.536. The number of nitrogens with one attached hydrogen (secondary N) is 1. The lowest BCUT2D eigenvalue weighted by Crippen LogP contribution is -2.54. The first kappa shape index (κ1) is 11.9. The van der Waals surface area contributed by atoms with Crippen LogP contribution in [0.3, 0.4) is 0 Å². The van der Waals surface area contributed by atoms with Crippen LogP contribution in [0.2, 0.25) is 0 Å². The Morgan fingerprint density at radius 1 is 1.19 bits per heavy atom. The van der Waals surface area contributed by atoms with E-state index in [1.165, 1.54) is 25.7 Å². The predicted octanol–water partition coefficient (Wildman–Crippen LogP) is 1.78. The lowest BCUT2D eigenvalue weighted by atomic mass is 9.93. The van der Waals surface area contributed by atoms with Crippen LogP contribution in [0, 0.1) is 5.92 Å². The molecule has 2 fully saturated rings. The van der Waals surface area contributed by atoms with Gasteiger partial charge in [-0.05, 0) is 45.1 Å². The van der Waals surface area contributed by atoms with Gasteiger partial charge in [0.1, 0.15) is 0 Å². The van der Waals surface area contributed by atoms with Crippen molar-refractivity contribution in [1.82, 2.24) is 10.2 Å². The third kappa shape index (κ3) is 2.57. The van der Waals surface area contributed by atoms with Gasteiger partial charge in [-0.15, -0.1) is 0 Å². The highest BCUT2D eigenvalue weighted by Crippen LogP contribution is 2.23. The Morgan fingerprint density at radius 3 is 2.69 bits per heavy atom. The van der Waals surface area contributed by atoms with Crippen LogP contribution in [0.4, 0.5) is 0 Å². The highest BCUT2D eigenvalue weighted by Gasteiger charge is 2.31. The molecular formula is C13H24N2O. The fourth-order valence-corrected chi connectivity index (χ4v) is 2.86. The normalized spacial score (nSPS) is 36.1. The number of likely N-dealkylation sites (tertiary alicyclic amines) is 1. The molecule has 2 saturated heterocycles. The number of piperidine rings is 2. The van der Waals surface area contributed by atoms with Crippen molar-refractivity contribution < 1.29 is 4.79 Å². The van der Waals surface area contributed by atoms with E-state index in [1.54, 1.807) is 0 Å². The molecule has 92 valence electrons. The van der Waals surface area contributed by atoms with Crippen LogP contribution in [0.15, 0.2) is 0 Å². The zero-order chi connectivity index (χ0) is 11.5. The Bertz CT molecular complexity index is 248. The van der Waals surface area contributed by atoms with Gasteiger partial charge in [0.05, 0.1) is 6.04 Å². The minimum absolute atomic E-state index is 0.0986. The van der Waals surface area contributed by atoms with Crippen molar-refractivity contribution in [2.24, 2.45) is 5.92 Å². The molecule has 0 aromatic heterocycles. The van der Waals surface area contributed by atoms with Crippen LogP contribution in [0.1, 0.15) is 46.0 Å². The summed E-state index contributed by atoms with van der Waals surface area (Å²) in [4.78, 5) is 14.5. The Balaban J connectivity index is 1.96. The number of carbonyl (C=O) groups excluding carboxylic acids is 1. The Morgan fingerprint density at radius 2 is 2.00 bits per heavy atom. The summed E-state index contributed by atoms with van der Waals surface area (Å²) in [5, 5.41) is 3.36. The smallest absolute Gasteiger partial charge is 0.239 e. The summed E-state index contributed by atoms with van der Waals surface area (Å²) in [7, 11) is 0. The molecule has 0 bridgehead atoms. The monoisotopic (exact) mass is 224 g/mol. The maximum Gasteiger partial charge on any atom is 0.239 e. The zero-order valence-corrected chi connectivity index (χ0v) is 10.5. The quantitative estimate of drug-likeness (QED) is 0.736. The fourth-order valence-electron chi connectivity index (χ4n) is 2.86. The number of hydrogen-bond acceptors (Lipinski definition) is 2. The lowest BCUT2D eigenvalue weighted by molar-refractivity contribution is -0.138. The van der Waals surface area contributed by atoms with Crippen molar-refractivity contribution in [2.45, 2.75) is 58.0 Å². The second kappa shape index (κ2) is 5.17. The van der Waals surface area contributed by atoms with Gasteiger partial charge in [0.2, 0.25) is 5.91 Å². The van der Waals surface area contributed by atoms with Gasteiger partial charge in [-0.3, -0.25) is 4.79 Å². The minimum atomic E-state index is 0.0986. The highest BCUT2D eigenvalue weighted by atomic mass is 16.2. The van der Waals surface area contributed by atoms with Crippen molar-refractivity contribution in [3.8, 4) is 0 Å². The zero-order valence-electron chi connectivity index (χ0n) is 10.5. The Hall–Kier alpha value is -0.570. The summed E-state index contributed by atoms with van der Waals surface area (Å²) >= 11 is 0. The third-order valence-corrected chi connectivity index (χ3v) is 4.01. The van der Waals surface area contributed by atoms with Gasteiger partial charge in [-0.25, -0.2) is 0 Å². The van der Waals surface area contributed by atoms with Gasteiger partial charge < -0.3 is 10.2 Å². The molecule has 3 nitrogen and oxygen atoms in total. The summed E-state index contributed by atoms with van der Waals surface area (Å²) in [5.41, 5.74) is 0. The molecule has 3 atom stereocenters. The van der Waals surface area contributed by atoms with E-state index in [4.69, 9.17) is 0 Å². The fraction of sp³-hybridized carbons (Fsp3) is 0.923. The van der Waals surface area contributed by atoms with E-state index in [0.29, 0.717) is 17.9 Å². The second-order valence-corrected chi connectivity index (χ2v) is 5.52. The number of hydrogen-bond donors (Lipinski definition) is 1. The standard InChI is InChI=1S/C13H24N2O/c1-10-6-7-11(2)15(9-10)13(16)12-5-3-4-8-14-12/h10-12,14H,3-9H2,1-2H3/t10?,11?,12-/m1/s1. The molecule has 0 aromatic rings. The van der Waals surface area contributed by atoms with Crippen LogP contribution in [-0.2, 0) is 4.79 Å². The van der Waals surface area contributed by atoms with Gasteiger partial charge in [0, 0.05) is 12.6 Å². The maximum absolute atomic E-state index is 12.4. The third-order valence-electron chi connectivity index (χ3n) is 4.01. The largest absolute Gasteiger partial charge is 0.338 e. The molecule has 0 aromatic carbocycles. The molecule has 0 radical (unpaired) electrons. The minimum Gasteiger partial charge on any atom is -0.338 e. The second-order valence-electron chi connectivity index (χ2n) is 5.52. The van der Waals surface area contributed by atoms with Crippen LogP contribution in [0.25, 0.3) is 0 Å². The maximum atomic E-state index is 12.4. The summed E-state index contributed by atoms with van der Waals surface area (Å²) in [6.45, 7) is 6.40. The number of nitrogens with zero attached hydrogens (tertiary/aromatic N) is 1. The molecule has 2 heterocycles. The first-order chi connectivity index (χ1) is 7.68. The molecule has 0 spiro atoms. The molecule has 2 aliphatic heterocycles. The summed E-state index contributed by atoms with van der Waals surface area (Å²) in [6.07, 6.45) is 5.87. The summed E-state index contributed by atoms with van der Waals surface area (Å²) in [5.74, 6) is 1.02. The van der Waals surface area contributed by atoms with Crippen LogP contribution in [-0.4, -0.2) is 36.0 Å². The summed E-state index contributed by atoms with van der Waals surface area (Å²) < 4.78 is 0. The number of amides is 1. The molecule has 16 heavy (non-hydrogen) atoms. The molecule has 3 heteroatoms. The van der Waals surface area contributed by atoms with Crippen molar-refractivity contribution in [1.29, 1.82) is 0 Å². The average Bonchev–Trinajstić information content (AvgIpc) is 2.32. The first-order valence-electron chi connectivity index (χ1n) is 6.72. The molecule has 1 N–H and O–H groups in total. The highest BCUT2D eigenvalue weighted by molar-refractivity contribution is 5.82. The van der Waals surface area contributed by atoms with Gasteiger partial charge in [-0.2, -0.15) is 0 Å². The van der Waals surface area contributed by atoms with Crippen molar-refractivity contribution >= 4 is 5.91 Å². The first-order valence-corrected chi connectivity index (χ1v) is 6.72. The van der Waals surface area contributed by atoms with E-state index < -0.39 is 0 Å². The van der Waals surface area contributed by atoms with Crippen molar-refractivity contribution in [3.05, 3.63) is 0 Å². The van der Waals surface area contributed by atoms with E-state index in [2.05, 4.69) is 24.1 Å². The van der Waals surface area contributed by atoms with E-state index in [1.807, 2.05) is 0 Å². The molecule has 0 saturated carbocycles. The Kier molecular flexibility index (Phi) is 3.85. The molecule has 2 aliphatic rings. The molecule has 2 unspecified atom stereocenters. The van der Waals surface area contributed by atoms with E-state index in [0.717, 1.165) is 19.5 Å². The van der Waals surface area contributed by atoms with Crippen LogP contribution >= 0.6 is 0 Å². The van der Waals surface area contributed by atoms with Gasteiger partial charge in [-0.1, -0.05) is 13.3 Å². The van der Waals surface area contributed by atoms with Gasteiger partial charge in [0.15, 0.2) is 0 Å². The number of carbonyl (C=O) groups is 1. The number of rotatable bonds is 1. The molecular weight excluding hydrogens is 200 g/mol. The van der Waals surface area contributed by atoms with E-state index in [-0.39, 0.29) is 6.04 Å². The van der Waals surface area contributed by atoms with Gasteiger partial charge >= 0.3 is 0 Å². The van der Waals surface area contributed by atoms with E-state index >= 15 is 0 Å². The Labute approximate surface area is 98.6 Å². The lowest BCUT2D eigenvalue weighted by Gasteiger charge is -2.39. The van der Waals surface area contributed by atoms with Crippen LogP contribution in [0.5, 0.6) is 0 Å². The van der Waals surface area contributed by atoms with Crippen molar-refractivity contribution in [2.75, 3.05) is 13.1 Å². The van der Waals surface area contributed by atoms with Crippen LogP contribution < -0.4 is 5.32 Å². The topological polar surface area (TPSA) is 32.3 Å². The molecule has 2 rings (SSSR count). The molecule has 0 aliphatic carbocycles. The van der Waals surface area contributed by atoms with Gasteiger partial charge in [0.25, 0.3) is 0 Å². The average molecular weight is 224 g/mol. The SMILES string of the molecule is CC1CCC(C)N(C(=O)[C@H]2CCCCN2)C1. The van der Waals surface area contributed by atoms with Crippen molar-refractivity contribution in [3.63, 3.8) is 0 Å². The van der Waals surface area contributed by atoms with E-state index in [9.17, 15) is 4.79 Å². The molecule has 1 amide bonds. The predicted molar refractivity (Wildman–Crippen MR) is 65.2 cm³/mol.